The molecule has 0 aromatic carbocycles. The van der Waals surface area contributed by atoms with Crippen LogP contribution in [0, 0.1) is 12.3 Å². The first kappa shape index (κ1) is 20.7. The molecule has 1 aliphatic heterocycles. The second-order valence-electron chi connectivity index (χ2n) is 8.62. The van der Waals surface area contributed by atoms with Crippen molar-refractivity contribution in [1.29, 1.82) is 0 Å². The SMILES string of the molecule is CCOC[C@]1(CCc2ccc(=O)[nH]c2)CCN(C(C)(C)c2ccc(C)nc2)C1. The number of rotatable bonds is 8. The first-order valence-corrected chi connectivity index (χ1v) is 10.3. The fourth-order valence-electron chi connectivity index (χ4n) is 4.14. The van der Waals surface area contributed by atoms with Gasteiger partial charge in [0.25, 0.3) is 0 Å². The second-order valence-corrected chi connectivity index (χ2v) is 8.62. The number of hydrogen-bond acceptors (Lipinski definition) is 4. The molecule has 3 rings (SSSR count). The van der Waals surface area contributed by atoms with Gasteiger partial charge in [0.15, 0.2) is 0 Å². The van der Waals surface area contributed by atoms with Crippen molar-refractivity contribution in [2.24, 2.45) is 5.41 Å². The molecule has 152 valence electrons. The Kier molecular flexibility index (Phi) is 6.36. The highest BCUT2D eigenvalue weighted by atomic mass is 16.5. The average molecular weight is 384 g/mol. The molecule has 3 heterocycles. The van der Waals surface area contributed by atoms with Gasteiger partial charge in [-0.3, -0.25) is 14.7 Å². The number of aromatic amines is 1. The van der Waals surface area contributed by atoms with Crippen LogP contribution in [0.25, 0.3) is 0 Å². The van der Waals surface area contributed by atoms with Crippen LogP contribution in [-0.2, 0) is 16.7 Å². The van der Waals surface area contributed by atoms with Crippen molar-refractivity contribution in [2.75, 3.05) is 26.3 Å². The number of aromatic nitrogens is 2. The van der Waals surface area contributed by atoms with Crippen molar-refractivity contribution in [3.05, 3.63) is 63.8 Å². The lowest BCUT2D eigenvalue weighted by Gasteiger charge is -2.38. The molecule has 5 nitrogen and oxygen atoms in total. The molecule has 0 amide bonds. The summed E-state index contributed by atoms with van der Waals surface area (Å²) >= 11 is 0. The average Bonchev–Trinajstić information content (AvgIpc) is 3.12. The molecule has 0 saturated carbocycles. The quantitative estimate of drug-likeness (QED) is 0.756. The topological polar surface area (TPSA) is 58.2 Å². The number of nitrogens with one attached hydrogen (secondary N) is 1. The molecule has 1 fully saturated rings. The van der Waals surface area contributed by atoms with Crippen LogP contribution < -0.4 is 5.56 Å². The van der Waals surface area contributed by atoms with Crippen molar-refractivity contribution in [3.8, 4) is 0 Å². The fraction of sp³-hybridized carbons (Fsp3) is 0.565. The van der Waals surface area contributed by atoms with Crippen LogP contribution in [0.1, 0.15) is 50.4 Å². The first-order chi connectivity index (χ1) is 13.3. The molecule has 1 atom stereocenters. The molecule has 1 N–H and O–H groups in total. The van der Waals surface area contributed by atoms with Crippen LogP contribution in [0.15, 0.2) is 41.5 Å². The summed E-state index contributed by atoms with van der Waals surface area (Å²) in [4.78, 5) is 21.2. The van der Waals surface area contributed by atoms with Crippen LogP contribution in [0.2, 0.25) is 0 Å². The van der Waals surface area contributed by atoms with E-state index in [0.717, 1.165) is 51.3 Å². The van der Waals surface area contributed by atoms with E-state index in [4.69, 9.17) is 4.74 Å². The largest absolute Gasteiger partial charge is 0.381 e. The Morgan fingerprint density at radius 2 is 2.11 bits per heavy atom. The molecule has 1 aliphatic rings. The van der Waals surface area contributed by atoms with Crippen LogP contribution >= 0.6 is 0 Å². The third-order valence-electron chi connectivity index (χ3n) is 6.25. The molecule has 0 aliphatic carbocycles. The number of H-pyrrole nitrogens is 1. The van der Waals surface area contributed by atoms with Gasteiger partial charge in [0, 0.05) is 48.3 Å². The summed E-state index contributed by atoms with van der Waals surface area (Å²) in [5.74, 6) is 0. The molecule has 5 heteroatoms. The Morgan fingerprint density at radius 3 is 2.75 bits per heavy atom. The van der Waals surface area contributed by atoms with E-state index in [0.29, 0.717) is 0 Å². The number of nitrogens with zero attached hydrogens (tertiary/aromatic N) is 2. The van der Waals surface area contributed by atoms with Crippen LogP contribution in [0.4, 0.5) is 0 Å². The molecule has 2 aromatic heterocycles. The maximum absolute atomic E-state index is 11.3. The third kappa shape index (κ3) is 4.70. The minimum atomic E-state index is -0.0628. The predicted molar refractivity (Wildman–Crippen MR) is 112 cm³/mol. The zero-order valence-electron chi connectivity index (χ0n) is 17.6. The Hall–Kier alpha value is -1.98. The van der Waals surface area contributed by atoms with Crippen molar-refractivity contribution in [3.63, 3.8) is 0 Å². The third-order valence-corrected chi connectivity index (χ3v) is 6.25. The number of ether oxygens (including phenoxy) is 1. The summed E-state index contributed by atoms with van der Waals surface area (Å²) in [7, 11) is 0. The van der Waals surface area contributed by atoms with Gasteiger partial charge >= 0.3 is 0 Å². The highest BCUT2D eigenvalue weighted by Crippen LogP contribution is 2.41. The molecular formula is C23H33N3O2. The van der Waals surface area contributed by atoms with Gasteiger partial charge in [-0.05, 0) is 70.7 Å². The van der Waals surface area contributed by atoms with Gasteiger partial charge in [0.05, 0.1) is 6.61 Å². The van der Waals surface area contributed by atoms with Crippen LogP contribution in [-0.4, -0.2) is 41.2 Å². The van der Waals surface area contributed by atoms with Gasteiger partial charge in [-0.25, -0.2) is 0 Å². The predicted octanol–water partition coefficient (Wildman–Crippen LogP) is 3.67. The smallest absolute Gasteiger partial charge is 0.247 e. The first-order valence-electron chi connectivity index (χ1n) is 10.3. The second kappa shape index (κ2) is 8.58. The number of aryl methyl sites for hydroxylation is 2. The Bertz CT molecular complexity index is 808. The number of hydrogen-bond donors (Lipinski definition) is 1. The Balaban J connectivity index is 1.74. The number of pyridine rings is 2. The van der Waals surface area contributed by atoms with E-state index < -0.39 is 0 Å². The molecule has 0 unspecified atom stereocenters. The lowest BCUT2D eigenvalue weighted by atomic mass is 9.82. The van der Waals surface area contributed by atoms with Gasteiger partial charge in [-0.1, -0.05) is 12.1 Å². The van der Waals surface area contributed by atoms with E-state index in [1.165, 1.54) is 11.1 Å². The normalized spacial score (nSPS) is 20.6. The monoisotopic (exact) mass is 383 g/mol. The van der Waals surface area contributed by atoms with Crippen LogP contribution in [0.5, 0.6) is 0 Å². The van der Waals surface area contributed by atoms with Gasteiger partial charge in [0.1, 0.15) is 0 Å². The van der Waals surface area contributed by atoms with Gasteiger partial charge in [-0.15, -0.1) is 0 Å². The van der Waals surface area contributed by atoms with Gasteiger partial charge in [-0.2, -0.15) is 0 Å². The van der Waals surface area contributed by atoms with Crippen molar-refractivity contribution in [2.45, 2.75) is 52.5 Å². The summed E-state index contributed by atoms with van der Waals surface area (Å²) in [6, 6.07) is 7.84. The van der Waals surface area contributed by atoms with E-state index in [-0.39, 0.29) is 16.5 Å². The maximum atomic E-state index is 11.3. The van der Waals surface area contributed by atoms with E-state index in [1.807, 2.05) is 25.4 Å². The summed E-state index contributed by atoms with van der Waals surface area (Å²) < 4.78 is 5.91. The van der Waals surface area contributed by atoms with E-state index in [9.17, 15) is 4.79 Å². The molecule has 0 radical (unpaired) electrons. The Labute approximate surface area is 168 Å². The zero-order valence-corrected chi connectivity index (χ0v) is 17.6. The summed E-state index contributed by atoms with van der Waals surface area (Å²) in [5, 5.41) is 0. The Morgan fingerprint density at radius 1 is 1.29 bits per heavy atom. The minimum Gasteiger partial charge on any atom is -0.381 e. The lowest BCUT2D eigenvalue weighted by molar-refractivity contribution is 0.0384. The molecule has 0 bridgehead atoms. The van der Waals surface area contributed by atoms with Crippen LogP contribution in [0.3, 0.4) is 0 Å². The van der Waals surface area contributed by atoms with Crippen molar-refractivity contribution >= 4 is 0 Å². The standard InChI is InChI=1S/C23H33N3O2/c1-5-28-17-23(11-10-19-7-9-21(27)25-14-19)12-13-26(16-23)22(3,4)20-8-6-18(2)24-15-20/h6-9,14-15H,5,10-13,16-17H2,1-4H3,(H,25,27)/t23-/m1/s1. The molecule has 28 heavy (non-hydrogen) atoms. The zero-order chi connectivity index (χ0) is 20.2. The lowest BCUT2D eigenvalue weighted by Crippen LogP contribution is -2.42. The summed E-state index contributed by atoms with van der Waals surface area (Å²) in [6.07, 6.45) is 6.98. The maximum Gasteiger partial charge on any atom is 0.247 e. The number of likely N-dealkylation sites (tertiary alicyclic amines) is 1. The van der Waals surface area contributed by atoms with Crippen molar-refractivity contribution < 1.29 is 4.74 Å². The summed E-state index contributed by atoms with van der Waals surface area (Å²) in [5.41, 5.74) is 3.51. The van der Waals surface area contributed by atoms with E-state index in [1.54, 1.807) is 6.07 Å². The molecule has 0 spiro atoms. The molecular weight excluding hydrogens is 350 g/mol. The summed E-state index contributed by atoms with van der Waals surface area (Å²) in [6.45, 7) is 12.3. The fourth-order valence-corrected chi connectivity index (χ4v) is 4.14. The van der Waals surface area contributed by atoms with Crippen molar-refractivity contribution in [1.82, 2.24) is 14.9 Å². The molecule has 2 aromatic rings. The highest BCUT2D eigenvalue weighted by Gasteiger charge is 2.43. The van der Waals surface area contributed by atoms with Gasteiger partial charge in [0.2, 0.25) is 5.56 Å². The van der Waals surface area contributed by atoms with E-state index >= 15 is 0 Å². The highest BCUT2D eigenvalue weighted by molar-refractivity contribution is 5.22. The van der Waals surface area contributed by atoms with E-state index in [2.05, 4.69) is 47.8 Å². The van der Waals surface area contributed by atoms with Gasteiger partial charge < -0.3 is 9.72 Å². The minimum absolute atomic E-state index is 0.0479. The molecule has 1 saturated heterocycles.